The third kappa shape index (κ3) is 6.40. The van der Waals surface area contributed by atoms with E-state index >= 15 is 0 Å². The van der Waals surface area contributed by atoms with Gasteiger partial charge in [-0.25, -0.2) is 0 Å². The Morgan fingerprint density at radius 2 is 1.30 bits per heavy atom. The number of piperidine rings is 1. The van der Waals surface area contributed by atoms with Gasteiger partial charge in [0.25, 0.3) is 0 Å². The zero-order valence-corrected chi connectivity index (χ0v) is 21.0. The molecule has 2 saturated carbocycles. The second-order valence-corrected chi connectivity index (χ2v) is 12.1. The number of hydrogen-bond donors (Lipinski definition) is 1. The third-order valence-corrected chi connectivity index (χ3v) is 8.15. The molecule has 3 aliphatic rings. The van der Waals surface area contributed by atoms with Crippen molar-refractivity contribution in [2.75, 3.05) is 0 Å². The smallest absolute Gasteiger partial charge is 0.0532 e. The molecule has 0 radical (unpaired) electrons. The monoisotopic (exact) mass is 415 g/mol. The number of nitrogens with one attached hydrogen (secondary N) is 1. The maximum atomic E-state index is 5.35. The quantitative estimate of drug-likeness (QED) is 0.501. The van der Waals surface area contributed by atoms with Crippen LogP contribution in [-0.4, -0.2) is 35.6 Å². The van der Waals surface area contributed by atoms with Crippen molar-refractivity contribution >= 4 is 11.4 Å². The molecule has 2 aliphatic carbocycles. The molecule has 0 aromatic rings. The topological polar surface area (TPSA) is 36.8 Å². The Balaban J connectivity index is 1.64. The van der Waals surface area contributed by atoms with Crippen LogP contribution in [0, 0.1) is 23.2 Å². The van der Waals surface area contributed by atoms with Gasteiger partial charge < -0.3 is 5.32 Å². The van der Waals surface area contributed by atoms with Crippen LogP contribution < -0.4 is 5.32 Å². The molecular formula is C27H49N3. The van der Waals surface area contributed by atoms with Gasteiger partial charge >= 0.3 is 0 Å². The number of nitrogens with zero attached hydrogens (tertiary/aromatic N) is 2. The first-order valence-electron chi connectivity index (χ1n) is 13.0. The minimum Gasteiger partial charge on any atom is -0.301 e. The van der Waals surface area contributed by atoms with Gasteiger partial charge in [-0.2, -0.15) is 0 Å². The van der Waals surface area contributed by atoms with Crippen molar-refractivity contribution in [2.24, 2.45) is 33.2 Å². The molecule has 0 aromatic carbocycles. The Morgan fingerprint density at radius 1 is 0.733 bits per heavy atom. The first-order valence-corrected chi connectivity index (χ1v) is 13.0. The Hall–Kier alpha value is -0.700. The van der Waals surface area contributed by atoms with Gasteiger partial charge in [-0.05, 0) is 88.4 Å². The predicted molar refractivity (Wildman–Crippen MR) is 132 cm³/mol. The van der Waals surface area contributed by atoms with Crippen LogP contribution in [0.3, 0.4) is 0 Å². The van der Waals surface area contributed by atoms with E-state index < -0.39 is 0 Å². The average Bonchev–Trinajstić information content (AvgIpc) is 2.67. The highest BCUT2D eigenvalue weighted by Crippen LogP contribution is 2.39. The molecule has 3 heteroatoms. The molecule has 1 saturated heterocycles. The molecule has 1 heterocycles. The average molecular weight is 416 g/mol. The zero-order chi connectivity index (χ0) is 21.9. The van der Waals surface area contributed by atoms with Crippen LogP contribution in [0.15, 0.2) is 9.98 Å². The zero-order valence-electron chi connectivity index (χ0n) is 21.0. The SMILES string of the molecule is CC(=NC1CC(C)CC(C)C1)C1CCCC(C(C)=NC2CCCCC2C(C)(C)C)N1. The van der Waals surface area contributed by atoms with Crippen LogP contribution in [0.2, 0.25) is 0 Å². The molecule has 0 amide bonds. The summed E-state index contributed by atoms with van der Waals surface area (Å²) < 4.78 is 0. The fourth-order valence-corrected chi connectivity index (χ4v) is 6.61. The predicted octanol–water partition coefficient (Wildman–Crippen LogP) is 6.85. The fourth-order valence-electron chi connectivity index (χ4n) is 6.61. The van der Waals surface area contributed by atoms with Crippen molar-refractivity contribution in [3.8, 4) is 0 Å². The largest absolute Gasteiger partial charge is 0.301 e. The first kappa shape index (κ1) is 24.0. The van der Waals surface area contributed by atoms with Gasteiger partial charge in [0.05, 0.1) is 12.1 Å². The molecule has 1 N–H and O–H groups in total. The minimum atomic E-state index is 0.356. The van der Waals surface area contributed by atoms with Gasteiger partial charge in [-0.3, -0.25) is 9.98 Å². The normalized spacial score (nSPS) is 39.8. The summed E-state index contributed by atoms with van der Waals surface area (Å²) in [6.45, 7) is 16.6. The van der Waals surface area contributed by atoms with Crippen LogP contribution in [0.5, 0.6) is 0 Å². The summed E-state index contributed by atoms with van der Waals surface area (Å²) in [6.07, 6.45) is 13.0. The van der Waals surface area contributed by atoms with Gasteiger partial charge in [-0.1, -0.05) is 47.5 Å². The lowest BCUT2D eigenvalue weighted by molar-refractivity contribution is 0.154. The number of rotatable bonds is 4. The molecule has 0 spiro atoms. The maximum absolute atomic E-state index is 5.35. The van der Waals surface area contributed by atoms with E-state index in [0.717, 1.165) is 17.8 Å². The van der Waals surface area contributed by atoms with Crippen LogP contribution in [0.1, 0.15) is 113 Å². The highest BCUT2D eigenvalue weighted by molar-refractivity contribution is 5.91. The van der Waals surface area contributed by atoms with Crippen LogP contribution in [0.25, 0.3) is 0 Å². The van der Waals surface area contributed by atoms with Gasteiger partial charge in [0.2, 0.25) is 0 Å². The highest BCUT2D eigenvalue weighted by atomic mass is 15.0. The fraction of sp³-hybridized carbons (Fsp3) is 0.926. The molecule has 3 nitrogen and oxygen atoms in total. The van der Waals surface area contributed by atoms with E-state index in [1.165, 1.54) is 75.6 Å². The van der Waals surface area contributed by atoms with E-state index in [0.29, 0.717) is 29.6 Å². The van der Waals surface area contributed by atoms with Gasteiger partial charge in [0.1, 0.15) is 0 Å². The van der Waals surface area contributed by atoms with E-state index in [1.54, 1.807) is 0 Å². The maximum Gasteiger partial charge on any atom is 0.0532 e. The molecule has 6 atom stereocenters. The van der Waals surface area contributed by atoms with Crippen molar-refractivity contribution in [2.45, 2.75) is 137 Å². The molecule has 30 heavy (non-hydrogen) atoms. The van der Waals surface area contributed by atoms with Crippen LogP contribution in [-0.2, 0) is 0 Å². The van der Waals surface area contributed by atoms with Crippen molar-refractivity contribution in [1.29, 1.82) is 0 Å². The second-order valence-electron chi connectivity index (χ2n) is 12.1. The molecule has 3 fully saturated rings. The molecular weight excluding hydrogens is 366 g/mol. The lowest BCUT2D eigenvalue weighted by Crippen LogP contribution is -2.50. The van der Waals surface area contributed by atoms with Crippen molar-refractivity contribution in [3.05, 3.63) is 0 Å². The third-order valence-electron chi connectivity index (χ3n) is 8.15. The Bertz CT molecular complexity index is 604. The molecule has 172 valence electrons. The molecule has 3 rings (SSSR count). The Kier molecular flexibility index (Phi) is 8.21. The Morgan fingerprint density at radius 3 is 1.90 bits per heavy atom. The lowest BCUT2D eigenvalue weighted by atomic mass is 9.69. The van der Waals surface area contributed by atoms with Crippen LogP contribution in [0.4, 0.5) is 0 Å². The second kappa shape index (κ2) is 10.3. The van der Waals surface area contributed by atoms with Crippen molar-refractivity contribution in [1.82, 2.24) is 5.32 Å². The van der Waals surface area contributed by atoms with Crippen molar-refractivity contribution in [3.63, 3.8) is 0 Å². The minimum absolute atomic E-state index is 0.356. The van der Waals surface area contributed by atoms with E-state index in [9.17, 15) is 0 Å². The summed E-state index contributed by atoms with van der Waals surface area (Å²) in [5.41, 5.74) is 3.03. The van der Waals surface area contributed by atoms with E-state index in [2.05, 4.69) is 53.8 Å². The van der Waals surface area contributed by atoms with E-state index in [4.69, 9.17) is 9.98 Å². The van der Waals surface area contributed by atoms with Gasteiger partial charge in [-0.15, -0.1) is 0 Å². The molecule has 6 unspecified atom stereocenters. The van der Waals surface area contributed by atoms with E-state index in [1.807, 2.05) is 0 Å². The summed E-state index contributed by atoms with van der Waals surface area (Å²) in [7, 11) is 0. The molecule has 0 aromatic heterocycles. The number of aliphatic imine (C=N–C) groups is 2. The summed E-state index contributed by atoms with van der Waals surface area (Å²) >= 11 is 0. The summed E-state index contributed by atoms with van der Waals surface area (Å²) in [5, 5.41) is 3.95. The summed E-state index contributed by atoms with van der Waals surface area (Å²) in [6, 6.07) is 1.92. The highest BCUT2D eigenvalue weighted by Gasteiger charge is 2.35. The van der Waals surface area contributed by atoms with Gasteiger partial charge in [0, 0.05) is 23.5 Å². The lowest BCUT2D eigenvalue weighted by Gasteiger charge is -2.39. The molecule has 1 aliphatic heterocycles. The van der Waals surface area contributed by atoms with E-state index in [-0.39, 0.29) is 0 Å². The van der Waals surface area contributed by atoms with Crippen LogP contribution >= 0.6 is 0 Å². The summed E-state index contributed by atoms with van der Waals surface area (Å²) in [5.74, 6) is 2.37. The van der Waals surface area contributed by atoms with Gasteiger partial charge in [0.15, 0.2) is 0 Å². The first-order chi connectivity index (χ1) is 14.1. The summed E-state index contributed by atoms with van der Waals surface area (Å²) in [4.78, 5) is 10.6. The number of hydrogen-bond acceptors (Lipinski definition) is 3. The van der Waals surface area contributed by atoms with Crippen molar-refractivity contribution < 1.29 is 0 Å². The Labute approximate surface area is 187 Å². The molecule has 0 bridgehead atoms. The standard InChI is InChI=1S/C27H49N3/c1-18-15-19(2)17-22(16-18)28-20(3)24-13-10-14-25(30-24)21(4)29-26-12-9-8-11-23(26)27(5,6)7/h18-19,22-26,30H,8-17H2,1-7H3.